The van der Waals surface area contributed by atoms with Crippen molar-refractivity contribution in [2.24, 2.45) is 0 Å². The van der Waals surface area contributed by atoms with Gasteiger partial charge in [-0.15, -0.1) is 0 Å². The average molecular weight is 380 g/mol. The Bertz CT molecular complexity index is 799. The van der Waals surface area contributed by atoms with Gasteiger partial charge in [0, 0.05) is 17.7 Å². The van der Waals surface area contributed by atoms with E-state index < -0.39 is 0 Å². The van der Waals surface area contributed by atoms with Gasteiger partial charge >= 0.3 is 0 Å². The molecule has 0 aromatic heterocycles. The summed E-state index contributed by atoms with van der Waals surface area (Å²) in [5.41, 5.74) is 4.10. The standard InChI is InChI=1S/C24H29NO3/c1-27-23-13-12-21(24(26)25-15-14-19-8-4-2-5-9-19)16-22(23)18-28-17-20-10-6-3-7-11-20/h3,6-8,10-13,16H,2,4-5,9,14-15,17-18H2,1H3,(H,25,26). The minimum Gasteiger partial charge on any atom is -0.496 e. The van der Waals surface area contributed by atoms with E-state index in [-0.39, 0.29) is 5.91 Å². The summed E-state index contributed by atoms with van der Waals surface area (Å²) < 4.78 is 11.2. The lowest BCUT2D eigenvalue weighted by Crippen LogP contribution is -2.25. The first-order chi connectivity index (χ1) is 13.8. The molecule has 2 aromatic carbocycles. The summed E-state index contributed by atoms with van der Waals surface area (Å²) in [5, 5.41) is 3.03. The molecule has 4 heteroatoms. The van der Waals surface area contributed by atoms with Gasteiger partial charge in [-0.2, -0.15) is 0 Å². The van der Waals surface area contributed by atoms with E-state index in [1.54, 1.807) is 13.2 Å². The first-order valence-electron chi connectivity index (χ1n) is 10.0. The molecule has 0 radical (unpaired) electrons. The molecule has 0 aliphatic heterocycles. The summed E-state index contributed by atoms with van der Waals surface area (Å²) in [7, 11) is 1.63. The van der Waals surface area contributed by atoms with Crippen molar-refractivity contribution in [3.05, 3.63) is 76.9 Å². The number of nitrogens with one attached hydrogen (secondary N) is 1. The molecule has 0 saturated heterocycles. The lowest BCUT2D eigenvalue weighted by atomic mass is 9.97. The molecule has 0 spiro atoms. The van der Waals surface area contributed by atoms with Gasteiger partial charge in [0.1, 0.15) is 5.75 Å². The number of benzene rings is 2. The predicted molar refractivity (Wildman–Crippen MR) is 111 cm³/mol. The molecule has 1 N–H and O–H groups in total. The van der Waals surface area contributed by atoms with Crippen LogP contribution in [0.15, 0.2) is 60.2 Å². The number of hydrogen-bond donors (Lipinski definition) is 1. The van der Waals surface area contributed by atoms with Crippen molar-refractivity contribution in [1.29, 1.82) is 0 Å². The zero-order chi connectivity index (χ0) is 19.6. The van der Waals surface area contributed by atoms with Crippen molar-refractivity contribution in [2.45, 2.75) is 45.3 Å². The Morgan fingerprint density at radius 2 is 1.93 bits per heavy atom. The number of amides is 1. The number of carbonyl (C=O) groups excluding carboxylic acids is 1. The maximum Gasteiger partial charge on any atom is 0.251 e. The minimum atomic E-state index is -0.0524. The van der Waals surface area contributed by atoms with Crippen LogP contribution in [0.3, 0.4) is 0 Å². The number of allylic oxidation sites excluding steroid dienone is 1. The predicted octanol–water partition coefficient (Wildman–Crippen LogP) is 5.03. The highest BCUT2D eigenvalue weighted by Gasteiger charge is 2.11. The number of carbonyl (C=O) groups is 1. The van der Waals surface area contributed by atoms with Crippen molar-refractivity contribution < 1.29 is 14.3 Å². The highest BCUT2D eigenvalue weighted by atomic mass is 16.5. The quantitative estimate of drug-likeness (QED) is 0.622. The van der Waals surface area contributed by atoms with Gasteiger partial charge < -0.3 is 14.8 Å². The Labute approximate surface area is 167 Å². The second kappa shape index (κ2) is 10.7. The third-order valence-electron chi connectivity index (χ3n) is 5.03. The molecule has 1 aliphatic rings. The highest BCUT2D eigenvalue weighted by Crippen LogP contribution is 2.22. The van der Waals surface area contributed by atoms with Crippen LogP contribution < -0.4 is 10.1 Å². The molecule has 0 bridgehead atoms. The van der Waals surface area contributed by atoms with E-state index in [1.807, 2.05) is 42.5 Å². The lowest BCUT2D eigenvalue weighted by molar-refractivity contribution is 0.0951. The average Bonchev–Trinajstić information content (AvgIpc) is 2.75. The molecule has 3 rings (SSSR count). The van der Waals surface area contributed by atoms with Gasteiger partial charge in [0.05, 0.1) is 20.3 Å². The monoisotopic (exact) mass is 379 g/mol. The van der Waals surface area contributed by atoms with Gasteiger partial charge in [-0.05, 0) is 55.9 Å². The first kappa shape index (κ1) is 20.2. The topological polar surface area (TPSA) is 47.6 Å². The van der Waals surface area contributed by atoms with Crippen LogP contribution in [0.1, 0.15) is 53.6 Å². The van der Waals surface area contributed by atoms with Gasteiger partial charge in [-0.25, -0.2) is 0 Å². The van der Waals surface area contributed by atoms with Crippen LogP contribution in [0.4, 0.5) is 0 Å². The fourth-order valence-corrected chi connectivity index (χ4v) is 3.46. The van der Waals surface area contributed by atoms with Crippen LogP contribution in [0, 0.1) is 0 Å². The largest absolute Gasteiger partial charge is 0.496 e. The fourth-order valence-electron chi connectivity index (χ4n) is 3.46. The molecule has 28 heavy (non-hydrogen) atoms. The Kier molecular flexibility index (Phi) is 7.68. The molecule has 0 fully saturated rings. The van der Waals surface area contributed by atoms with Crippen molar-refractivity contribution >= 4 is 5.91 Å². The zero-order valence-corrected chi connectivity index (χ0v) is 16.6. The zero-order valence-electron chi connectivity index (χ0n) is 16.6. The van der Waals surface area contributed by atoms with Crippen LogP contribution in [-0.2, 0) is 18.0 Å². The smallest absolute Gasteiger partial charge is 0.251 e. The molecule has 0 atom stereocenters. The fraction of sp³-hybridized carbons (Fsp3) is 0.375. The van der Waals surface area contributed by atoms with E-state index in [0.717, 1.165) is 23.3 Å². The van der Waals surface area contributed by atoms with E-state index in [9.17, 15) is 4.79 Å². The Morgan fingerprint density at radius 1 is 1.07 bits per heavy atom. The van der Waals surface area contributed by atoms with Crippen molar-refractivity contribution in [3.8, 4) is 5.75 Å². The summed E-state index contributed by atoms with van der Waals surface area (Å²) in [6.07, 6.45) is 8.16. The molecule has 1 aliphatic carbocycles. The molecular weight excluding hydrogens is 350 g/mol. The summed E-state index contributed by atoms with van der Waals surface area (Å²) in [4.78, 5) is 12.5. The maximum atomic E-state index is 12.5. The number of rotatable bonds is 9. The third-order valence-corrected chi connectivity index (χ3v) is 5.03. The van der Waals surface area contributed by atoms with Gasteiger partial charge in [0.15, 0.2) is 0 Å². The van der Waals surface area contributed by atoms with E-state index in [2.05, 4.69) is 11.4 Å². The van der Waals surface area contributed by atoms with E-state index in [1.165, 1.54) is 31.3 Å². The highest BCUT2D eigenvalue weighted by molar-refractivity contribution is 5.94. The molecule has 0 saturated carbocycles. The van der Waals surface area contributed by atoms with Crippen LogP contribution in [0.25, 0.3) is 0 Å². The summed E-state index contributed by atoms with van der Waals surface area (Å²) in [6, 6.07) is 15.5. The molecule has 4 nitrogen and oxygen atoms in total. The van der Waals surface area contributed by atoms with Crippen molar-refractivity contribution in [2.75, 3.05) is 13.7 Å². The summed E-state index contributed by atoms with van der Waals surface area (Å²) in [6.45, 7) is 1.60. The molecule has 0 heterocycles. The third kappa shape index (κ3) is 5.96. The van der Waals surface area contributed by atoms with E-state index >= 15 is 0 Å². The Balaban J connectivity index is 1.54. The normalized spacial score (nSPS) is 13.7. The van der Waals surface area contributed by atoms with Gasteiger partial charge in [-0.3, -0.25) is 4.79 Å². The van der Waals surface area contributed by atoms with Crippen LogP contribution in [-0.4, -0.2) is 19.6 Å². The number of hydrogen-bond acceptors (Lipinski definition) is 3. The maximum absolute atomic E-state index is 12.5. The summed E-state index contributed by atoms with van der Waals surface area (Å²) >= 11 is 0. The second-order valence-electron chi connectivity index (χ2n) is 7.12. The SMILES string of the molecule is COc1ccc(C(=O)NCCC2=CCCCC2)cc1COCc1ccccc1. The first-order valence-corrected chi connectivity index (χ1v) is 10.0. The van der Waals surface area contributed by atoms with Crippen LogP contribution in [0.5, 0.6) is 5.75 Å². The Hall–Kier alpha value is -2.59. The van der Waals surface area contributed by atoms with Crippen LogP contribution >= 0.6 is 0 Å². The van der Waals surface area contributed by atoms with E-state index in [4.69, 9.17) is 9.47 Å². The molecular formula is C24H29NO3. The molecule has 0 unspecified atom stereocenters. The van der Waals surface area contributed by atoms with Crippen molar-refractivity contribution in [1.82, 2.24) is 5.32 Å². The Morgan fingerprint density at radius 3 is 2.68 bits per heavy atom. The van der Waals surface area contributed by atoms with Crippen molar-refractivity contribution in [3.63, 3.8) is 0 Å². The van der Waals surface area contributed by atoms with Gasteiger partial charge in [-0.1, -0.05) is 42.0 Å². The lowest BCUT2D eigenvalue weighted by Gasteiger charge is -2.14. The number of ether oxygens (including phenoxy) is 2. The van der Waals surface area contributed by atoms with Gasteiger partial charge in [0.25, 0.3) is 5.91 Å². The molecule has 2 aromatic rings. The van der Waals surface area contributed by atoms with Gasteiger partial charge in [0.2, 0.25) is 0 Å². The number of methoxy groups -OCH3 is 1. The molecule has 1 amide bonds. The second-order valence-corrected chi connectivity index (χ2v) is 7.12. The van der Waals surface area contributed by atoms with Crippen LogP contribution in [0.2, 0.25) is 0 Å². The van der Waals surface area contributed by atoms with E-state index in [0.29, 0.717) is 25.3 Å². The summed E-state index contributed by atoms with van der Waals surface area (Å²) in [5.74, 6) is 0.681. The molecule has 148 valence electrons. The minimum absolute atomic E-state index is 0.0524.